The first-order chi connectivity index (χ1) is 10.2. The van der Waals surface area contributed by atoms with E-state index in [9.17, 15) is 0 Å². The number of aromatic nitrogens is 1. The van der Waals surface area contributed by atoms with Crippen molar-refractivity contribution in [2.45, 2.75) is 38.3 Å². The molecule has 2 atom stereocenters. The van der Waals surface area contributed by atoms with Crippen molar-refractivity contribution in [3.63, 3.8) is 0 Å². The SMILES string of the molecule is CC1CNC(C)(C2CC2)CN1c1cccc2ncccc12. The van der Waals surface area contributed by atoms with Gasteiger partial charge in [0.05, 0.1) is 5.52 Å². The van der Waals surface area contributed by atoms with E-state index in [2.05, 4.69) is 53.3 Å². The van der Waals surface area contributed by atoms with Crippen molar-refractivity contribution in [1.82, 2.24) is 10.3 Å². The van der Waals surface area contributed by atoms with E-state index in [-0.39, 0.29) is 5.54 Å². The molecule has 2 heterocycles. The van der Waals surface area contributed by atoms with Gasteiger partial charge < -0.3 is 10.2 Å². The zero-order chi connectivity index (χ0) is 14.4. The summed E-state index contributed by atoms with van der Waals surface area (Å²) in [5, 5.41) is 5.07. The lowest BCUT2D eigenvalue weighted by Crippen LogP contribution is -2.63. The first-order valence-electron chi connectivity index (χ1n) is 8.03. The van der Waals surface area contributed by atoms with Crippen LogP contribution in [0.15, 0.2) is 36.5 Å². The minimum Gasteiger partial charge on any atom is -0.365 e. The van der Waals surface area contributed by atoms with Crippen molar-refractivity contribution in [1.29, 1.82) is 0 Å². The minimum absolute atomic E-state index is 0.261. The maximum Gasteiger partial charge on any atom is 0.0722 e. The molecule has 110 valence electrons. The third-order valence-electron chi connectivity index (χ3n) is 5.24. The van der Waals surface area contributed by atoms with Crippen LogP contribution in [-0.4, -0.2) is 29.7 Å². The average molecular weight is 281 g/mol. The first-order valence-corrected chi connectivity index (χ1v) is 8.03. The van der Waals surface area contributed by atoms with Crippen LogP contribution in [-0.2, 0) is 0 Å². The Labute approximate surface area is 126 Å². The van der Waals surface area contributed by atoms with Crippen molar-refractivity contribution in [2.75, 3.05) is 18.0 Å². The summed E-state index contributed by atoms with van der Waals surface area (Å²) in [7, 11) is 0. The second-order valence-corrected chi connectivity index (χ2v) is 6.90. The largest absolute Gasteiger partial charge is 0.365 e. The summed E-state index contributed by atoms with van der Waals surface area (Å²) in [4.78, 5) is 7.09. The van der Waals surface area contributed by atoms with Gasteiger partial charge >= 0.3 is 0 Å². The Morgan fingerprint density at radius 2 is 2.10 bits per heavy atom. The third-order valence-corrected chi connectivity index (χ3v) is 5.24. The van der Waals surface area contributed by atoms with Crippen molar-refractivity contribution < 1.29 is 0 Å². The van der Waals surface area contributed by atoms with E-state index < -0.39 is 0 Å². The number of fused-ring (bicyclic) bond motifs is 1. The topological polar surface area (TPSA) is 28.2 Å². The quantitative estimate of drug-likeness (QED) is 0.916. The molecule has 2 fully saturated rings. The molecule has 2 aliphatic rings. The number of nitrogens with zero attached hydrogens (tertiary/aromatic N) is 2. The van der Waals surface area contributed by atoms with E-state index in [0.29, 0.717) is 6.04 Å². The highest BCUT2D eigenvalue weighted by molar-refractivity contribution is 5.91. The molecule has 0 amide bonds. The Morgan fingerprint density at radius 1 is 1.24 bits per heavy atom. The zero-order valence-electron chi connectivity index (χ0n) is 12.8. The fourth-order valence-corrected chi connectivity index (χ4v) is 3.71. The number of rotatable bonds is 2. The van der Waals surface area contributed by atoms with Gasteiger partial charge in [0, 0.05) is 41.9 Å². The van der Waals surface area contributed by atoms with Crippen LogP contribution in [0.3, 0.4) is 0 Å². The Bertz CT molecular complexity index is 659. The molecule has 0 bridgehead atoms. The fraction of sp³-hybridized carbons (Fsp3) is 0.500. The molecule has 1 N–H and O–H groups in total. The van der Waals surface area contributed by atoms with Crippen molar-refractivity contribution in [2.24, 2.45) is 5.92 Å². The van der Waals surface area contributed by atoms with Gasteiger partial charge in [-0.25, -0.2) is 0 Å². The molecular weight excluding hydrogens is 258 g/mol. The van der Waals surface area contributed by atoms with Gasteiger partial charge in [0.2, 0.25) is 0 Å². The number of hydrogen-bond donors (Lipinski definition) is 1. The molecule has 3 nitrogen and oxygen atoms in total. The van der Waals surface area contributed by atoms with Crippen molar-refractivity contribution in [3.05, 3.63) is 36.5 Å². The summed E-state index contributed by atoms with van der Waals surface area (Å²) >= 11 is 0. The molecule has 3 heteroatoms. The highest BCUT2D eigenvalue weighted by Crippen LogP contribution is 2.42. The molecule has 1 aliphatic carbocycles. The molecule has 21 heavy (non-hydrogen) atoms. The normalized spacial score (nSPS) is 29.8. The van der Waals surface area contributed by atoms with Gasteiger partial charge in [0.15, 0.2) is 0 Å². The molecule has 1 saturated carbocycles. The third kappa shape index (κ3) is 2.20. The molecule has 1 aromatic carbocycles. The summed E-state index contributed by atoms with van der Waals surface area (Å²) in [6, 6.07) is 11.2. The number of nitrogens with one attached hydrogen (secondary N) is 1. The van der Waals surface area contributed by atoms with Crippen molar-refractivity contribution in [3.8, 4) is 0 Å². The summed E-state index contributed by atoms with van der Waals surface area (Å²) in [5.41, 5.74) is 2.69. The zero-order valence-corrected chi connectivity index (χ0v) is 12.8. The predicted octanol–water partition coefficient (Wildman–Crippen LogP) is 3.20. The molecule has 1 aromatic heterocycles. The standard InChI is InChI=1S/C18H23N3/c1-13-11-20-18(2,14-8-9-14)12-21(13)17-7-3-6-16-15(17)5-4-10-19-16/h3-7,10,13-14,20H,8-9,11-12H2,1-2H3. The second kappa shape index (κ2) is 4.70. The van der Waals surface area contributed by atoms with Crippen LogP contribution in [0, 0.1) is 5.92 Å². The maximum atomic E-state index is 4.50. The van der Waals surface area contributed by atoms with Gasteiger partial charge in [-0.05, 0) is 56.9 Å². The predicted molar refractivity (Wildman–Crippen MR) is 87.7 cm³/mol. The lowest BCUT2D eigenvalue weighted by Gasteiger charge is -2.47. The Balaban J connectivity index is 1.75. The van der Waals surface area contributed by atoms with Crippen LogP contribution in [0.4, 0.5) is 5.69 Å². The van der Waals surface area contributed by atoms with E-state index in [1.165, 1.54) is 23.9 Å². The van der Waals surface area contributed by atoms with E-state index in [1.807, 2.05) is 12.3 Å². The molecule has 2 aromatic rings. The average Bonchev–Trinajstić information content (AvgIpc) is 3.35. The second-order valence-electron chi connectivity index (χ2n) is 6.90. The molecular formula is C18H23N3. The van der Waals surface area contributed by atoms with Gasteiger partial charge in [-0.1, -0.05) is 6.07 Å². The monoisotopic (exact) mass is 281 g/mol. The van der Waals surface area contributed by atoms with Crippen LogP contribution in [0.2, 0.25) is 0 Å². The first kappa shape index (κ1) is 13.1. The molecule has 2 unspecified atom stereocenters. The molecule has 0 radical (unpaired) electrons. The molecule has 1 saturated heterocycles. The van der Waals surface area contributed by atoms with Crippen LogP contribution in [0.1, 0.15) is 26.7 Å². The van der Waals surface area contributed by atoms with Gasteiger partial charge in [-0.3, -0.25) is 4.98 Å². The lowest BCUT2D eigenvalue weighted by atomic mass is 9.90. The number of hydrogen-bond acceptors (Lipinski definition) is 3. The fourth-order valence-electron chi connectivity index (χ4n) is 3.71. The Kier molecular flexibility index (Phi) is 2.93. The van der Waals surface area contributed by atoms with Crippen LogP contribution in [0.25, 0.3) is 10.9 Å². The van der Waals surface area contributed by atoms with E-state index >= 15 is 0 Å². The number of pyridine rings is 1. The lowest BCUT2D eigenvalue weighted by molar-refractivity contribution is 0.261. The Morgan fingerprint density at radius 3 is 2.90 bits per heavy atom. The van der Waals surface area contributed by atoms with Crippen molar-refractivity contribution >= 4 is 16.6 Å². The van der Waals surface area contributed by atoms with Crippen LogP contribution < -0.4 is 10.2 Å². The highest BCUT2D eigenvalue weighted by atomic mass is 15.3. The number of anilines is 1. The van der Waals surface area contributed by atoms with E-state index in [1.54, 1.807) is 0 Å². The summed E-state index contributed by atoms with van der Waals surface area (Å²) in [6.07, 6.45) is 4.63. The number of benzene rings is 1. The Hall–Kier alpha value is -1.61. The van der Waals surface area contributed by atoms with Gasteiger partial charge in [-0.15, -0.1) is 0 Å². The summed E-state index contributed by atoms with van der Waals surface area (Å²) < 4.78 is 0. The number of piperazine rings is 1. The van der Waals surface area contributed by atoms with Gasteiger partial charge in [0.25, 0.3) is 0 Å². The minimum atomic E-state index is 0.261. The highest BCUT2D eigenvalue weighted by Gasteiger charge is 2.45. The molecule has 0 spiro atoms. The molecule has 1 aliphatic heterocycles. The summed E-state index contributed by atoms with van der Waals surface area (Å²) in [6.45, 7) is 6.86. The van der Waals surface area contributed by atoms with Gasteiger partial charge in [-0.2, -0.15) is 0 Å². The van der Waals surface area contributed by atoms with E-state index in [4.69, 9.17) is 0 Å². The summed E-state index contributed by atoms with van der Waals surface area (Å²) in [5.74, 6) is 0.848. The smallest absolute Gasteiger partial charge is 0.0722 e. The maximum absolute atomic E-state index is 4.50. The van der Waals surface area contributed by atoms with E-state index in [0.717, 1.165) is 24.5 Å². The molecule has 4 rings (SSSR count). The van der Waals surface area contributed by atoms with Crippen LogP contribution >= 0.6 is 0 Å². The van der Waals surface area contributed by atoms with Crippen LogP contribution in [0.5, 0.6) is 0 Å². The van der Waals surface area contributed by atoms with Gasteiger partial charge in [0.1, 0.15) is 0 Å².